The van der Waals surface area contributed by atoms with Crippen molar-refractivity contribution in [2.24, 2.45) is 0 Å². The van der Waals surface area contributed by atoms with Gasteiger partial charge < -0.3 is 14.0 Å². The summed E-state index contributed by atoms with van der Waals surface area (Å²) in [7, 11) is 0. The van der Waals surface area contributed by atoms with Gasteiger partial charge in [-0.15, -0.1) is 0 Å². The van der Waals surface area contributed by atoms with Gasteiger partial charge in [0.2, 0.25) is 11.7 Å². The van der Waals surface area contributed by atoms with Gasteiger partial charge in [-0.05, 0) is 31.2 Å². The predicted octanol–water partition coefficient (Wildman–Crippen LogP) is 2.01. The summed E-state index contributed by atoms with van der Waals surface area (Å²) >= 11 is 0. The van der Waals surface area contributed by atoms with Crippen molar-refractivity contribution >= 4 is 0 Å². The first-order valence-electron chi connectivity index (χ1n) is 7.22. The van der Waals surface area contributed by atoms with E-state index < -0.39 is 0 Å². The van der Waals surface area contributed by atoms with Crippen LogP contribution in [-0.2, 0) is 17.9 Å². The monoisotopic (exact) mass is 307 g/mol. The minimum absolute atomic E-state index is 0.188. The van der Waals surface area contributed by atoms with Crippen LogP contribution in [0.5, 0.6) is 5.75 Å². The molecule has 1 aromatic heterocycles. The second kappa shape index (κ2) is 6.85. The van der Waals surface area contributed by atoms with Crippen molar-refractivity contribution in [3.8, 4) is 5.75 Å². The molecule has 0 saturated carbocycles. The number of ether oxygens (including phenoxy) is 2. The van der Waals surface area contributed by atoms with E-state index in [0.29, 0.717) is 36.7 Å². The molecule has 6 nitrogen and oxygen atoms in total. The largest absolute Gasteiger partial charge is 0.485 e. The molecule has 1 aliphatic rings. The van der Waals surface area contributed by atoms with Gasteiger partial charge in [0.15, 0.2) is 6.61 Å². The third-order valence-electron chi connectivity index (χ3n) is 3.54. The number of halogens is 1. The van der Waals surface area contributed by atoms with E-state index >= 15 is 0 Å². The molecule has 1 aliphatic heterocycles. The molecule has 0 spiro atoms. The van der Waals surface area contributed by atoms with Crippen molar-refractivity contribution in [2.75, 3.05) is 19.8 Å². The minimum Gasteiger partial charge on any atom is -0.485 e. The van der Waals surface area contributed by atoms with Crippen LogP contribution in [0.2, 0.25) is 0 Å². The second-order valence-electron chi connectivity index (χ2n) is 5.24. The summed E-state index contributed by atoms with van der Waals surface area (Å²) in [5.41, 5.74) is 0. The van der Waals surface area contributed by atoms with E-state index in [4.69, 9.17) is 14.0 Å². The molecule has 1 saturated heterocycles. The van der Waals surface area contributed by atoms with Gasteiger partial charge in [-0.2, -0.15) is 4.98 Å². The van der Waals surface area contributed by atoms with Crippen LogP contribution in [0.4, 0.5) is 4.39 Å². The highest BCUT2D eigenvalue weighted by Crippen LogP contribution is 2.14. The summed E-state index contributed by atoms with van der Waals surface area (Å²) in [6, 6.07) is 6.14. The van der Waals surface area contributed by atoms with E-state index in [2.05, 4.69) is 22.0 Å². The van der Waals surface area contributed by atoms with Crippen LogP contribution < -0.4 is 4.74 Å². The molecule has 2 aromatic rings. The van der Waals surface area contributed by atoms with E-state index in [1.165, 1.54) is 12.1 Å². The van der Waals surface area contributed by atoms with Crippen LogP contribution in [0.1, 0.15) is 18.6 Å². The molecular formula is C15H18FN3O3. The zero-order valence-electron chi connectivity index (χ0n) is 12.4. The lowest BCUT2D eigenvalue weighted by atomic mass is 10.2. The normalized spacial score (nSPS) is 19.3. The molecule has 7 heteroatoms. The molecule has 2 heterocycles. The van der Waals surface area contributed by atoms with E-state index in [-0.39, 0.29) is 12.4 Å². The molecule has 0 N–H and O–H groups in total. The Balaban J connectivity index is 1.53. The Morgan fingerprint density at radius 3 is 2.95 bits per heavy atom. The second-order valence-corrected chi connectivity index (χ2v) is 5.24. The highest BCUT2D eigenvalue weighted by molar-refractivity contribution is 5.22. The van der Waals surface area contributed by atoms with Gasteiger partial charge >= 0.3 is 0 Å². The van der Waals surface area contributed by atoms with Gasteiger partial charge in [0.1, 0.15) is 11.6 Å². The van der Waals surface area contributed by atoms with Crippen molar-refractivity contribution in [3.05, 3.63) is 41.8 Å². The van der Waals surface area contributed by atoms with Crippen molar-refractivity contribution in [1.29, 1.82) is 0 Å². The van der Waals surface area contributed by atoms with Crippen molar-refractivity contribution in [2.45, 2.75) is 26.1 Å². The van der Waals surface area contributed by atoms with Gasteiger partial charge in [-0.1, -0.05) is 5.16 Å². The Bertz CT molecular complexity index is 602. The molecule has 0 aliphatic carbocycles. The summed E-state index contributed by atoms with van der Waals surface area (Å²) in [5, 5.41) is 3.90. The average molecular weight is 307 g/mol. The molecule has 1 unspecified atom stereocenters. The number of morpholine rings is 1. The highest BCUT2D eigenvalue weighted by atomic mass is 19.1. The summed E-state index contributed by atoms with van der Waals surface area (Å²) < 4.78 is 28.9. The molecule has 1 fully saturated rings. The van der Waals surface area contributed by atoms with Crippen molar-refractivity contribution < 1.29 is 18.4 Å². The topological polar surface area (TPSA) is 60.6 Å². The third-order valence-corrected chi connectivity index (χ3v) is 3.54. The molecule has 1 atom stereocenters. The van der Waals surface area contributed by atoms with Crippen LogP contribution in [0, 0.1) is 5.82 Å². The first-order valence-corrected chi connectivity index (χ1v) is 7.22. The number of rotatable bonds is 5. The maximum absolute atomic E-state index is 12.8. The summed E-state index contributed by atoms with van der Waals surface area (Å²) in [4.78, 5) is 6.55. The highest BCUT2D eigenvalue weighted by Gasteiger charge is 2.21. The number of benzene rings is 1. The molecule has 0 bridgehead atoms. The Morgan fingerprint density at radius 1 is 1.36 bits per heavy atom. The smallest absolute Gasteiger partial charge is 0.240 e. The quantitative estimate of drug-likeness (QED) is 0.842. The predicted molar refractivity (Wildman–Crippen MR) is 75.7 cm³/mol. The van der Waals surface area contributed by atoms with E-state index in [0.717, 1.165) is 13.2 Å². The van der Waals surface area contributed by atoms with Gasteiger partial charge in [0, 0.05) is 12.6 Å². The lowest BCUT2D eigenvalue weighted by molar-refractivity contribution is -0.00852. The SMILES string of the molecule is CC1COCCN1Cc1nc(COc2ccc(F)cc2)no1. The lowest BCUT2D eigenvalue weighted by Gasteiger charge is -2.31. The van der Waals surface area contributed by atoms with Crippen LogP contribution in [0.15, 0.2) is 28.8 Å². The van der Waals surface area contributed by atoms with Gasteiger partial charge in [-0.25, -0.2) is 4.39 Å². The molecule has 118 valence electrons. The standard InChI is InChI=1S/C15H18FN3O3/c1-11-9-20-7-6-19(11)8-15-17-14(18-22-15)10-21-13-4-2-12(16)3-5-13/h2-5,11H,6-10H2,1H3. The average Bonchev–Trinajstić information content (AvgIpc) is 2.97. The first-order chi connectivity index (χ1) is 10.7. The van der Waals surface area contributed by atoms with Crippen LogP contribution >= 0.6 is 0 Å². The van der Waals surface area contributed by atoms with E-state index in [9.17, 15) is 4.39 Å². The molecule has 0 amide bonds. The van der Waals surface area contributed by atoms with Crippen LogP contribution in [0.3, 0.4) is 0 Å². The fraction of sp³-hybridized carbons (Fsp3) is 0.467. The Labute approximate surface area is 127 Å². The molecular weight excluding hydrogens is 289 g/mol. The summed E-state index contributed by atoms with van der Waals surface area (Å²) in [6.45, 7) is 5.19. The molecule has 22 heavy (non-hydrogen) atoms. The Morgan fingerprint density at radius 2 is 2.18 bits per heavy atom. The van der Waals surface area contributed by atoms with Gasteiger partial charge in [-0.3, -0.25) is 4.90 Å². The third kappa shape index (κ3) is 3.80. The first kappa shape index (κ1) is 14.9. The zero-order chi connectivity index (χ0) is 15.4. The van der Waals surface area contributed by atoms with Gasteiger partial charge in [0.05, 0.1) is 19.8 Å². The number of nitrogens with zero attached hydrogens (tertiary/aromatic N) is 3. The van der Waals surface area contributed by atoms with Crippen molar-refractivity contribution in [3.63, 3.8) is 0 Å². The summed E-state index contributed by atoms with van der Waals surface area (Å²) in [6.07, 6.45) is 0. The fourth-order valence-electron chi connectivity index (χ4n) is 2.26. The van der Waals surface area contributed by atoms with Crippen molar-refractivity contribution in [1.82, 2.24) is 15.0 Å². The number of aromatic nitrogens is 2. The number of hydrogen-bond donors (Lipinski definition) is 0. The number of hydrogen-bond acceptors (Lipinski definition) is 6. The maximum Gasteiger partial charge on any atom is 0.240 e. The molecule has 3 rings (SSSR count). The fourth-order valence-corrected chi connectivity index (χ4v) is 2.26. The molecule has 1 aromatic carbocycles. The summed E-state index contributed by atoms with van der Waals surface area (Å²) in [5.74, 6) is 1.30. The Hall–Kier alpha value is -1.99. The molecule has 0 radical (unpaired) electrons. The Kier molecular flexibility index (Phi) is 4.65. The lowest BCUT2D eigenvalue weighted by Crippen LogP contribution is -2.42. The van der Waals surface area contributed by atoms with E-state index in [1.807, 2.05) is 0 Å². The zero-order valence-corrected chi connectivity index (χ0v) is 12.4. The van der Waals surface area contributed by atoms with Crippen LogP contribution in [-0.4, -0.2) is 40.8 Å². The van der Waals surface area contributed by atoms with Gasteiger partial charge in [0.25, 0.3) is 0 Å². The maximum atomic E-state index is 12.8. The van der Waals surface area contributed by atoms with E-state index in [1.54, 1.807) is 12.1 Å². The minimum atomic E-state index is -0.297. The van der Waals surface area contributed by atoms with Crippen LogP contribution in [0.25, 0.3) is 0 Å².